The number of benzene rings is 1. The summed E-state index contributed by atoms with van der Waals surface area (Å²) in [7, 11) is 0. The molecule has 0 spiro atoms. The number of hydrogen-bond acceptors (Lipinski definition) is 9. The van der Waals surface area contributed by atoms with E-state index in [0.29, 0.717) is 55.4 Å². The van der Waals surface area contributed by atoms with Gasteiger partial charge in [0.15, 0.2) is 5.82 Å². The molecule has 172 valence electrons. The molecule has 12 nitrogen and oxygen atoms in total. The van der Waals surface area contributed by atoms with Crippen LogP contribution in [-0.4, -0.2) is 67.3 Å². The SMILES string of the molecule is Cc1ccn(-c2nc(-c3ccc(N(C(N)=O)c4ccnnc4)cc3)nc(N3CCOCC3)n2)n1. The quantitative estimate of drug-likeness (QED) is 0.474. The van der Waals surface area contributed by atoms with Crippen LogP contribution in [0.4, 0.5) is 22.1 Å². The molecule has 2 amide bonds. The Kier molecular flexibility index (Phi) is 5.79. The van der Waals surface area contributed by atoms with Crippen molar-refractivity contribution in [1.82, 2.24) is 34.9 Å². The van der Waals surface area contributed by atoms with Gasteiger partial charge in [0.2, 0.25) is 5.95 Å². The molecule has 3 aromatic heterocycles. The Bertz CT molecular complexity index is 1290. The summed E-state index contributed by atoms with van der Waals surface area (Å²) in [5.74, 6) is 1.47. The minimum atomic E-state index is -0.633. The van der Waals surface area contributed by atoms with Gasteiger partial charge < -0.3 is 15.4 Å². The van der Waals surface area contributed by atoms with Crippen LogP contribution in [0.3, 0.4) is 0 Å². The maximum absolute atomic E-state index is 12.1. The fourth-order valence-electron chi connectivity index (χ4n) is 3.60. The largest absolute Gasteiger partial charge is 0.378 e. The van der Waals surface area contributed by atoms with Gasteiger partial charge in [-0.05, 0) is 43.3 Å². The lowest BCUT2D eigenvalue weighted by molar-refractivity contribution is 0.122. The fraction of sp³-hybridized carbons (Fsp3) is 0.227. The van der Waals surface area contributed by atoms with Crippen molar-refractivity contribution in [3.8, 4) is 17.3 Å². The highest BCUT2D eigenvalue weighted by Crippen LogP contribution is 2.27. The van der Waals surface area contributed by atoms with E-state index in [-0.39, 0.29) is 0 Å². The maximum Gasteiger partial charge on any atom is 0.323 e. The van der Waals surface area contributed by atoms with E-state index in [4.69, 9.17) is 15.5 Å². The Balaban J connectivity index is 1.53. The summed E-state index contributed by atoms with van der Waals surface area (Å²) in [6.07, 6.45) is 4.78. The Morgan fingerprint density at radius 2 is 1.74 bits per heavy atom. The van der Waals surface area contributed by atoms with Crippen molar-refractivity contribution >= 4 is 23.4 Å². The number of carbonyl (C=O) groups excluding carboxylic acids is 1. The molecule has 1 saturated heterocycles. The highest BCUT2D eigenvalue weighted by atomic mass is 16.5. The first-order valence-corrected chi connectivity index (χ1v) is 10.7. The number of carbonyl (C=O) groups is 1. The predicted octanol–water partition coefficient (Wildman–Crippen LogP) is 1.88. The van der Waals surface area contributed by atoms with Crippen LogP contribution in [-0.2, 0) is 4.74 Å². The first-order valence-electron chi connectivity index (χ1n) is 10.7. The molecule has 34 heavy (non-hydrogen) atoms. The number of hydrogen-bond donors (Lipinski definition) is 1. The van der Waals surface area contributed by atoms with Gasteiger partial charge in [-0.2, -0.15) is 30.2 Å². The van der Waals surface area contributed by atoms with Gasteiger partial charge in [0.1, 0.15) is 0 Å². The molecule has 1 aliphatic heterocycles. The zero-order chi connectivity index (χ0) is 23.5. The van der Waals surface area contributed by atoms with E-state index in [9.17, 15) is 4.79 Å². The summed E-state index contributed by atoms with van der Waals surface area (Å²) in [4.78, 5) is 29.5. The molecule has 0 radical (unpaired) electrons. The van der Waals surface area contributed by atoms with Gasteiger partial charge in [-0.1, -0.05) is 0 Å². The Labute approximate surface area is 195 Å². The van der Waals surface area contributed by atoms with Gasteiger partial charge in [0.05, 0.1) is 42.7 Å². The summed E-state index contributed by atoms with van der Waals surface area (Å²) in [6.45, 7) is 4.50. The number of ether oxygens (including phenoxy) is 1. The van der Waals surface area contributed by atoms with Crippen LogP contribution in [0.1, 0.15) is 5.69 Å². The van der Waals surface area contributed by atoms with E-state index < -0.39 is 6.03 Å². The number of anilines is 3. The summed E-state index contributed by atoms with van der Waals surface area (Å²) in [5.41, 5.74) is 8.32. The second-order valence-electron chi connectivity index (χ2n) is 7.58. The minimum Gasteiger partial charge on any atom is -0.378 e. The van der Waals surface area contributed by atoms with Crippen LogP contribution in [0, 0.1) is 6.92 Å². The number of nitrogens with two attached hydrogens (primary N) is 1. The van der Waals surface area contributed by atoms with Gasteiger partial charge >= 0.3 is 6.03 Å². The molecule has 1 aliphatic rings. The second kappa shape index (κ2) is 9.19. The summed E-state index contributed by atoms with van der Waals surface area (Å²) in [5, 5.41) is 12.0. The normalized spacial score (nSPS) is 13.6. The lowest BCUT2D eigenvalue weighted by Crippen LogP contribution is -2.37. The Hall–Kier alpha value is -4.45. The molecule has 0 atom stereocenters. The van der Waals surface area contributed by atoms with Gasteiger partial charge in [-0.25, -0.2) is 9.48 Å². The first kappa shape index (κ1) is 21.4. The van der Waals surface area contributed by atoms with Gasteiger partial charge in [0, 0.05) is 24.8 Å². The highest BCUT2D eigenvalue weighted by Gasteiger charge is 2.19. The van der Waals surface area contributed by atoms with E-state index >= 15 is 0 Å². The Morgan fingerprint density at radius 1 is 0.971 bits per heavy atom. The third-order valence-corrected chi connectivity index (χ3v) is 5.26. The first-order chi connectivity index (χ1) is 16.6. The molecule has 0 saturated carbocycles. The molecule has 0 unspecified atom stereocenters. The van der Waals surface area contributed by atoms with Crippen LogP contribution in [0.2, 0.25) is 0 Å². The van der Waals surface area contributed by atoms with Crippen molar-refractivity contribution in [2.24, 2.45) is 5.73 Å². The average Bonchev–Trinajstić information content (AvgIpc) is 3.32. The van der Waals surface area contributed by atoms with Gasteiger partial charge in [0.25, 0.3) is 5.95 Å². The third-order valence-electron chi connectivity index (χ3n) is 5.26. The molecule has 4 heterocycles. The molecule has 12 heteroatoms. The predicted molar refractivity (Wildman–Crippen MR) is 124 cm³/mol. The van der Waals surface area contributed by atoms with Gasteiger partial charge in [-0.3, -0.25) is 4.90 Å². The molecule has 5 rings (SSSR count). The summed E-state index contributed by atoms with van der Waals surface area (Å²) < 4.78 is 7.09. The molecular weight excluding hydrogens is 436 g/mol. The second-order valence-corrected chi connectivity index (χ2v) is 7.58. The molecule has 0 aliphatic carbocycles. The van der Waals surface area contributed by atoms with Crippen LogP contribution in [0.25, 0.3) is 17.3 Å². The van der Waals surface area contributed by atoms with Crippen molar-refractivity contribution in [3.05, 3.63) is 60.7 Å². The lowest BCUT2D eigenvalue weighted by Gasteiger charge is -2.27. The zero-order valence-electron chi connectivity index (χ0n) is 18.4. The van der Waals surface area contributed by atoms with Crippen LogP contribution < -0.4 is 15.5 Å². The van der Waals surface area contributed by atoms with Gasteiger partial charge in [-0.15, -0.1) is 0 Å². The number of morpholine rings is 1. The number of nitrogens with zero attached hydrogens (tertiary/aromatic N) is 9. The van der Waals surface area contributed by atoms with Crippen molar-refractivity contribution in [1.29, 1.82) is 0 Å². The number of aromatic nitrogens is 7. The zero-order valence-corrected chi connectivity index (χ0v) is 18.4. The summed E-state index contributed by atoms with van der Waals surface area (Å²) >= 11 is 0. The maximum atomic E-state index is 12.1. The smallest absolute Gasteiger partial charge is 0.323 e. The van der Waals surface area contributed by atoms with E-state index in [0.717, 1.165) is 11.3 Å². The Morgan fingerprint density at radius 3 is 2.38 bits per heavy atom. The molecule has 0 bridgehead atoms. The number of urea groups is 1. The minimum absolute atomic E-state index is 0.422. The molecule has 1 fully saturated rings. The van der Waals surface area contributed by atoms with Crippen LogP contribution in [0.5, 0.6) is 0 Å². The molecule has 4 aromatic rings. The number of rotatable bonds is 5. The monoisotopic (exact) mass is 458 g/mol. The lowest BCUT2D eigenvalue weighted by atomic mass is 10.1. The highest BCUT2D eigenvalue weighted by molar-refractivity contribution is 5.98. The van der Waals surface area contributed by atoms with Crippen molar-refractivity contribution in [2.75, 3.05) is 36.1 Å². The summed E-state index contributed by atoms with van der Waals surface area (Å²) in [6, 6.07) is 10.1. The molecular formula is C22H22N10O2. The topological polar surface area (TPSA) is 141 Å². The fourth-order valence-corrected chi connectivity index (χ4v) is 3.60. The van der Waals surface area contributed by atoms with Crippen LogP contribution in [0.15, 0.2) is 55.0 Å². The van der Waals surface area contributed by atoms with E-state index in [1.54, 1.807) is 22.9 Å². The number of amides is 2. The van der Waals surface area contributed by atoms with Crippen molar-refractivity contribution in [3.63, 3.8) is 0 Å². The standard InChI is InChI=1S/C22H22N10O2/c1-15-7-9-31(29-15)22-27-19(26-21(28-22)30-10-12-34-13-11-30)16-2-4-17(5-3-16)32(20(23)33)18-6-8-24-25-14-18/h2-9,14H,10-13H2,1H3,(H2,23,33). The van der Waals surface area contributed by atoms with E-state index in [1.807, 2.05) is 31.3 Å². The molecule has 1 aromatic carbocycles. The number of aryl methyl sites for hydroxylation is 1. The molecule has 2 N–H and O–H groups in total. The van der Waals surface area contributed by atoms with Crippen molar-refractivity contribution in [2.45, 2.75) is 6.92 Å². The number of primary amides is 1. The van der Waals surface area contributed by atoms with Crippen LogP contribution >= 0.6 is 0 Å². The third kappa shape index (κ3) is 4.38. The average molecular weight is 458 g/mol. The van der Waals surface area contributed by atoms with E-state index in [1.165, 1.54) is 17.3 Å². The van der Waals surface area contributed by atoms with E-state index in [2.05, 4.69) is 30.2 Å². The van der Waals surface area contributed by atoms with Crippen molar-refractivity contribution < 1.29 is 9.53 Å².